The van der Waals surface area contributed by atoms with Gasteiger partial charge in [0.1, 0.15) is 11.8 Å². The van der Waals surface area contributed by atoms with Crippen LogP contribution in [0.2, 0.25) is 0 Å². The molecule has 1 saturated heterocycles. The predicted molar refractivity (Wildman–Crippen MR) is 121 cm³/mol. The third-order valence-corrected chi connectivity index (χ3v) is 5.58. The molecule has 154 valence electrons. The zero-order valence-electron chi connectivity index (χ0n) is 17.2. The number of nitrogens with zero attached hydrogens (tertiary/aromatic N) is 2. The van der Waals surface area contributed by atoms with Gasteiger partial charge in [-0.2, -0.15) is 0 Å². The molecule has 1 amide bonds. The molecule has 2 N–H and O–H groups in total. The van der Waals surface area contributed by atoms with Crippen LogP contribution in [0, 0.1) is 6.92 Å². The van der Waals surface area contributed by atoms with Crippen molar-refractivity contribution in [3.63, 3.8) is 0 Å². The molecule has 5 nitrogen and oxygen atoms in total. The van der Waals surface area contributed by atoms with Crippen LogP contribution < -0.4 is 10.2 Å². The van der Waals surface area contributed by atoms with Crippen LogP contribution in [0.1, 0.15) is 17.2 Å². The summed E-state index contributed by atoms with van der Waals surface area (Å²) >= 11 is 0. The monoisotopic (exact) mass is 401 g/mol. The van der Waals surface area contributed by atoms with Crippen molar-refractivity contribution in [2.24, 2.45) is 0 Å². The highest BCUT2D eigenvalue weighted by atomic mass is 16.3. The highest BCUT2D eigenvalue weighted by Crippen LogP contribution is 2.30. The van der Waals surface area contributed by atoms with Crippen LogP contribution in [-0.4, -0.2) is 42.1 Å². The van der Waals surface area contributed by atoms with Gasteiger partial charge in [0.15, 0.2) is 0 Å². The molecule has 0 aliphatic carbocycles. The third kappa shape index (κ3) is 4.47. The Morgan fingerprint density at radius 1 is 0.867 bits per heavy atom. The summed E-state index contributed by atoms with van der Waals surface area (Å²) < 4.78 is 0. The number of phenols is 1. The van der Waals surface area contributed by atoms with Crippen LogP contribution in [0.5, 0.6) is 5.75 Å². The quantitative estimate of drug-likeness (QED) is 0.673. The first kappa shape index (κ1) is 20.0. The van der Waals surface area contributed by atoms with E-state index in [2.05, 4.69) is 15.1 Å². The molecular formula is C25H27N3O2. The number of para-hydroxylation sites is 2. The molecule has 1 fully saturated rings. The number of benzene rings is 3. The fourth-order valence-corrected chi connectivity index (χ4v) is 3.96. The molecule has 1 heterocycles. The van der Waals surface area contributed by atoms with Crippen molar-refractivity contribution in [3.8, 4) is 5.75 Å². The first-order valence-electron chi connectivity index (χ1n) is 10.3. The molecule has 0 bridgehead atoms. The average Bonchev–Trinajstić information content (AvgIpc) is 2.77. The lowest BCUT2D eigenvalue weighted by Gasteiger charge is -2.39. The van der Waals surface area contributed by atoms with Gasteiger partial charge in [0, 0.05) is 31.9 Å². The minimum Gasteiger partial charge on any atom is -0.506 e. The predicted octanol–water partition coefficient (Wildman–Crippen LogP) is 4.20. The minimum atomic E-state index is -0.362. The van der Waals surface area contributed by atoms with Crippen molar-refractivity contribution in [2.75, 3.05) is 36.4 Å². The molecule has 4 rings (SSSR count). The molecular weight excluding hydrogens is 374 g/mol. The van der Waals surface area contributed by atoms with E-state index >= 15 is 0 Å². The van der Waals surface area contributed by atoms with E-state index in [1.54, 1.807) is 6.07 Å². The number of hydrogen-bond donors (Lipinski definition) is 2. The van der Waals surface area contributed by atoms with Gasteiger partial charge < -0.3 is 15.3 Å². The summed E-state index contributed by atoms with van der Waals surface area (Å²) in [6.45, 7) is 4.99. The van der Waals surface area contributed by atoms with Crippen molar-refractivity contribution >= 4 is 17.3 Å². The topological polar surface area (TPSA) is 55.8 Å². The number of aryl methyl sites for hydroxylation is 1. The molecule has 1 atom stereocenters. The first-order valence-corrected chi connectivity index (χ1v) is 10.3. The second-order valence-corrected chi connectivity index (χ2v) is 7.68. The van der Waals surface area contributed by atoms with Crippen LogP contribution in [-0.2, 0) is 4.79 Å². The maximum Gasteiger partial charge on any atom is 0.246 e. The Morgan fingerprint density at radius 3 is 2.17 bits per heavy atom. The standard InChI is InChI=1S/C25H27N3O2/c1-19-11-13-21(14-12-19)26-25(30)24(20-7-3-2-4-8-20)28-17-15-27(16-18-28)22-9-5-6-10-23(22)29/h2-14,24,29H,15-18H2,1H3,(H,26,30)/t24-/m0/s1. The van der Waals surface area contributed by atoms with E-state index in [9.17, 15) is 9.90 Å². The van der Waals surface area contributed by atoms with Crippen molar-refractivity contribution in [1.29, 1.82) is 0 Å². The molecule has 3 aromatic carbocycles. The largest absolute Gasteiger partial charge is 0.506 e. The van der Waals surface area contributed by atoms with Gasteiger partial charge in [-0.1, -0.05) is 60.2 Å². The normalized spacial score (nSPS) is 15.6. The van der Waals surface area contributed by atoms with E-state index in [0.29, 0.717) is 5.75 Å². The number of aromatic hydroxyl groups is 1. The van der Waals surface area contributed by atoms with Crippen molar-refractivity contribution in [3.05, 3.63) is 90.0 Å². The molecule has 30 heavy (non-hydrogen) atoms. The van der Waals surface area contributed by atoms with Crippen molar-refractivity contribution in [1.82, 2.24) is 4.90 Å². The fraction of sp³-hybridized carbons (Fsp3) is 0.240. The molecule has 1 aliphatic rings. The zero-order chi connectivity index (χ0) is 20.9. The van der Waals surface area contributed by atoms with Gasteiger partial charge >= 0.3 is 0 Å². The molecule has 3 aromatic rings. The number of piperazine rings is 1. The lowest BCUT2D eigenvalue weighted by Crippen LogP contribution is -2.50. The molecule has 0 radical (unpaired) electrons. The number of rotatable bonds is 5. The molecule has 0 spiro atoms. The Bertz CT molecular complexity index is 981. The van der Waals surface area contributed by atoms with Gasteiger partial charge in [0.05, 0.1) is 5.69 Å². The Morgan fingerprint density at radius 2 is 1.50 bits per heavy atom. The Kier molecular flexibility index (Phi) is 6.00. The van der Waals surface area contributed by atoms with E-state index in [4.69, 9.17) is 0 Å². The number of carbonyl (C=O) groups excluding carboxylic acids is 1. The van der Waals surface area contributed by atoms with E-state index in [0.717, 1.165) is 48.7 Å². The molecule has 0 aromatic heterocycles. The number of hydrogen-bond acceptors (Lipinski definition) is 4. The van der Waals surface area contributed by atoms with Gasteiger partial charge in [-0.3, -0.25) is 9.69 Å². The number of phenolic OH excluding ortho intramolecular Hbond substituents is 1. The molecule has 0 saturated carbocycles. The number of amides is 1. The second-order valence-electron chi connectivity index (χ2n) is 7.68. The van der Waals surface area contributed by atoms with Crippen LogP contribution in [0.25, 0.3) is 0 Å². The molecule has 5 heteroatoms. The van der Waals surface area contributed by atoms with E-state index in [-0.39, 0.29) is 11.9 Å². The number of nitrogens with one attached hydrogen (secondary N) is 1. The number of carbonyl (C=O) groups is 1. The Balaban J connectivity index is 1.51. The summed E-state index contributed by atoms with van der Waals surface area (Å²) in [7, 11) is 0. The number of anilines is 2. The SMILES string of the molecule is Cc1ccc(NC(=O)[C@H](c2ccccc2)N2CCN(c3ccccc3O)CC2)cc1. The van der Waals surface area contributed by atoms with Gasteiger partial charge in [0.2, 0.25) is 5.91 Å². The van der Waals surface area contributed by atoms with Crippen LogP contribution in [0.3, 0.4) is 0 Å². The van der Waals surface area contributed by atoms with Crippen LogP contribution in [0.4, 0.5) is 11.4 Å². The summed E-state index contributed by atoms with van der Waals surface area (Å²) in [5, 5.41) is 13.3. The van der Waals surface area contributed by atoms with Crippen LogP contribution >= 0.6 is 0 Å². The molecule has 1 aliphatic heterocycles. The second kappa shape index (κ2) is 9.01. The van der Waals surface area contributed by atoms with Gasteiger partial charge in [-0.25, -0.2) is 0 Å². The van der Waals surface area contributed by atoms with Gasteiger partial charge in [-0.15, -0.1) is 0 Å². The maximum absolute atomic E-state index is 13.3. The van der Waals surface area contributed by atoms with Gasteiger partial charge in [0.25, 0.3) is 0 Å². The highest BCUT2D eigenvalue weighted by molar-refractivity contribution is 5.95. The Hall–Kier alpha value is -3.31. The van der Waals surface area contributed by atoms with Crippen molar-refractivity contribution < 1.29 is 9.90 Å². The lowest BCUT2D eigenvalue weighted by molar-refractivity contribution is -0.121. The summed E-state index contributed by atoms with van der Waals surface area (Å²) in [5.74, 6) is 0.267. The average molecular weight is 402 g/mol. The summed E-state index contributed by atoms with van der Waals surface area (Å²) in [4.78, 5) is 17.7. The van der Waals surface area contributed by atoms with Crippen LogP contribution in [0.15, 0.2) is 78.9 Å². The van der Waals surface area contributed by atoms with Crippen molar-refractivity contribution in [2.45, 2.75) is 13.0 Å². The smallest absolute Gasteiger partial charge is 0.246 e. The zero-order valence-corrected chi connectivity index (χ0v) is 17.2. The Labute approximate surface area is 177 Å². The third-order valence-electron chi connectivity index (χ3n) is 5.58. The molecule has 0 unspecified atom stereocenters. The van der Waals surface area contributed by atoms with E-state index in [1.807, 2.05) is 79.7 Å². The minimum absolute atomic E-state index is 0.0268. The summed E-state index contributed by atoms with van der Waals surface area (Å²) in [6.07, 6.45) is 0. The maximum atomic E-state index is 13.3. The first-order chi connectivity index (χ1) is 14.6. The van der Waals surface area contributed by atoms with E-state index in [1.165, 1.54) is 0 Å². The summed E-state index contributed by atoms with van der Waals surface area (Å²) in [6, 6.07) is 24.8. The fourth-order valence-electron chi connectivity index (χ4n) is 3.96. The van der Waals surface area contributed by atoms with E-state index < -0.39 is 0 Å². The lowest BCUT2D eigenvalue weighted by atomic mass is 10.0. The summed E-state index contributed by atoms with van der Waals surface area (Å²) in [5.41, 5.74) is 3.79. The van der Waals surface area contributed by atoms with Gasteiger partial charge in [-0.05, 0) is 36.8 Å². The highest BCUT2D eigenvalue weighted by Gasteiger charge is 2.31.